The van der Waals surface area contributed by atoms with E-state index in [0.717, 1.165) is 38.1 Å². The molecule has 4 saturated carbocycles. The summed E-state index contributed by atoms with van der Waals surface area (Å²) in [7, 11) is 2.22. The van der Waals surface area contributed by atoms with Crippen molar-refractivity contribution in [3.05, 3.63) is 59.2 Å². The van der Waals surface area contributed by atoms with Gasteiger partial charge in [-0.2, -0.15) is 0 Å². The Labute approximate surface area is 213 Å². The third kappa shape index (κ3) is 2.48. The number of rotatable bonds is 6. The SMILES string of the molecule is CC(=O)N[C@@]12CC[C@@H](N(C)Cc3ccccc3)[C@@H]3Oc4c(O)ccc5c4[C@@]31CC1(C5)C(CC3CC3)[C@H]12. The number of fused-ring (bicyclic) bond motifs is 1. The Balaban J connectivity index is 1.27. The summed E-state index contributed by atoms with van der Waals surface area (Å²) in [5.74, 6) is 3.14. The standard InChI is InChI=1S/C31H36N2O3/c1-18(34)32-31-13-12-23(33(2)16-20-6-4-3-5-7-20)28-30(31)17-29(22(27(29)31)14-19-8-9-19)15-21-10-11-24(35)26(36-28)25(21)30/h3-7,10-11,19,22-23,27-28,35H,8-9,12-17H2,1-2H3,(H,32,34)/t22?,23-,27-,28+,29?,30+,31-/m1/s1. The molecule has 2 bridgehead atoms. The highest BCUT2D eigenvalue weighted by Gasteiger charge is 2.88. The van der Waals surface area contributed by atoms with Gasteiger partial charge in [0.1, 0.15) is 6.10 Å². The summed E-state index contributed by atoms with van der Waals surface area (Å²) in [6.07, 6.45) is 8.15. The van der Waals surface area contributed by atoms with Gasteiger partial charge in [-0.3, -0.25) is 9.69 Å². The Morgan fingerprint density at radius 2 is 1.97 bits per heavy atom. The Morgan fingerprint density at radius 3 is 2.72 bits per heavy atom. The zero-order valence-corrected chi connectivity index (χ0v) is 21.3. The maximum atomic E-state index is 12.9. The quantitative estimate of drug-likeness (QED) is 0.631. The van der Waals surface area contributed by atoms with Crippen molar-refractivity contribution in [1.82, 2.24) is 10.2 Å². The average Bonchev–Trinajstić information content (AvgIpc) is 3.71. The Hall–Kier alpha value is -2.53. The van der Waals surface area contributed by atoms with Gasteiger partial charge in [-0.15, -0.1) is 0 Å². The fourth-order valence-corrected chi connectivity index (χ4v) is 10.1. The molecule has 5 heteroatoms. The predicted molar refractivity (Wildman–Crippen MR) is 137 cm³/mol. The molecule has 0 aromatic heterocycles. The Morgan fingerprint density at radius 1 is 1.17 bits per heavy atom. The first-order chi connectivity index (χ1) is 17.4. The number of phenolic OH excluding ortho intramolecular Hbond substituents is 1. The number of carbonyl (C=O) groups is 1. The lowest BCUT2D eigenvalue weighted by atomic mass is 9.52. The maximum absolute atomic E-state index is 12.9. The largest absolute Gasteiger partial charge is 0.504 e. The molecule has 188 valence electrons. The number of nitrogens with zero attached hydrogens (tertiary/aromatic N) is 1. The summed E-state index contributed by atoms with van der Waals surface area (Å²) in [6, 6.07) is 14.9. The van der Waals surface area contributed by atoms with E-state index < -0.39 is 0 Å². The summed E-state index contributed by atoms with van der Waals surface area (Å²) in [4.78, 5) is 15.3. The molecule has 2 N–H and O–H groups in total. The first-order valence-electron chi connectivity index (χ1n) is 13.9. The monoisotopic (exact) mass is 484 g/mol. The molecule has 5 nitrogen and oxygen atoms in total. The smallest absolute Gasteiger partial charge is 0.217 e. The van der Waals surface area contributed by atoms with Crippen LogP contribution in [0.1, 0.15) is 62.1 Å². The molecule has 0 saturated heterocycles. The lowest BCUT2D eigenvalue weighted by Gasteiger charge is -2.57. The lowest BCUT2D eigenvalue weighted by molar-refractivity contribution is -0.125. The number of aromatic hydroxyl groups is 1. The Kier molecular flexibility index (Phi) is 4.11. The van der Waals surface area contributed by atoms with Crippen LogP contribution >= 0.6 is 0 Å². The third-order valence-electron chi connectivity index (χ3n) is 11.2. The molecule has 0 radical (unpaired) electrons. The minimum atomic E-state index is -0.280. The van der Waals surface area contributed by atoms with Crippen molar-refractivity contribution in [2.24, 2.45) is 23.2 Å². The van der Waals surface area contributed by atoms with Crippen molar-refractivity contribution < 1.29 is 14.6 Å². The molecule has 6 aliphatic rings. The number of benzene rings is 2. The van der Waals surface area contributed by atoms with Gasteiger partial charge >= 0.3 is 0 Å². The van der Waals surface area contributed by atoms with Crippen LogP contribution < -0.4 is 10.1 Å². The zero-order valence-electron chi connectivity index (χ0n) is 21.3. The van der Waals surface area contributed by atoms with Gasteiger partial charge in [0.25, 0.3) is 0 Å². The van der Waals surface area contributed by atoms with E-state index >= 15 is 0 Å². The molecular formula is C31H36N2O3. The van der Waals surface area contributed by atoms with Crippen molar-refractivity contribution in [3.63, 3.8) is 0 Å². The predicted octanol–water partition coefficient (Wildman–Crippen LogP) is 4.55. The molecule has 5 aliphatic carbocycles. The number of carbonyl (C=O) groups excluding carboxylic acids is 1. The van der Waals surface area contributed by atoms with E-state index in [0.29, 0.717) is 17.6 Å². The summed E-state index contributed by atoms with van der Waals surface area (Å²) in [5, 5.41) is 14.6. The summed E-state index contributed by atoms with van der Waals surface area (Å²) >= 11 is 0. The molecule has 1 heterocycles. The normalized spacial score (nSPS) is 40.4. The van der Waals surface area contributed by atoms with Gasteiger partial charge in [-0.25, -0.2) is 0 Å². The van der Waals surface area contributed by atoms with Crippen molar-refractivity contribution in [2.75, 3.05) is 7.05 Å². The number of hydrogen-bond acceptors (Lipinski definition) is 4. The molecule has 7 atom stereocenters. The van der Waals surface area contributed by atoms with Crippen LogP contribution in [0.2, 0.25) is 0 Å². The van der Waals surface area contributed by atoms with Crippen molar-refractivity contribution in [3.8, 4) is 11.5 Å². The summed E-state index contributed by atoms with van der Waals surface area (Å²) in [5.41, 5.74) is 3.61. The van der Waals surface area contributed by atoms with E-state index in [1.165, 1.54) is 36.0 Å². The molecule has 4 fully saturated rings. The molecular weight excluding hydrogens is 448 g/mol. The fraction of sp³-hybridized carbons (Fsp3) is 0.581. The van der Waals surface area contributed by atoms with Crippen molar-refractivity contribution in [1.29, 1.82) is 0 Å². The maximum Gasteiger partial charge on any atom is 0.217 e. The first-order valence-corrected chi connectivity index (χ1v) is 13.9. The molecule has 2 unspecified atom stereocenters. The number of nitrogens with one attached hydrogen (secondary N) is 1. The Bertz CT molecular complexity index is 1270. The highest BCUT2D eigenvalue weighted by atomic mass is 16.5. The zero-order chi connectivity index (χ0) is 24.4. The second kappa shape index (κ2) is 6.86. The first kappa shape index (κ1) is 21.5. The minimum absolute atomic E-state index is 0.0691. The van der Waals surface area contributed by atoms with Gasteiger partial charge in [0.15, 0.2) is 11.5 Å². The molecule has 2 aromatic carbocycles. The van der Waals surface area contributed by atoms with E-state index in [4.69, 9.17) is 4.74 Å². The van der Waals surface area contributed by atoms with Crippen LogP contribution in [-0.2, 0) is 23.2 Å². The fourth-order valence-electron chi connectivity index (χ4n) is 10.1. The van der Waals surface area contributed by atoms with Crippen LogP contribution in [0, 0.1) is 23.2 Å². The number of ether oxygens (including phenoxy) is 1. The van der Waals surface area contributed by atoms with Crippen LogP contribution in [-0.4, -0.2) is 40.6 Å². The summed E-state index contributed by atoms with van der Waals surface area (Å²) < 4.78 is 6.88. The third-order valence-corrected chi connectivity index (χ3v) is 11.2. The van der Waals surface area contributed by atoms with E-state index in [-0.39, 0.29) is 40.2 Å². The van der Waals surface area contributed by atoms with Crippen LogP contribution in [0.3, 0.4) is 0 Å². The lowest BCUT2D eigenvalue weighted by Crippen LogP contribution is -2.72. The average molecular weight is 485 g/mol. The summed E-state index contributed by atoms with van der Waals surface area (Å²) in [6.45, 7) is 2.56. The van der Waals surface area contributed by atoms with E-state index in [1.54, 1.807) is 6.92 Å². The topological polar surface area (TPSA) is 61.8 Å². The molecule has 1 aliphatic heterocycles. The van der Waals surface area contributed by atoms with Gasteiger partial charge in [0, 0.05) is 25.1 Å². The van der Waals surface area contributed by atoms with Crippen molar-refractivity contribution in [2.45, 2.75) is 81.5 Å². The minimum Gasteiger partial charge on any atom is -0.504 e. The number of likely N-dealkylation sites (N-methyl/N-ethyl adjacent to an activating group) is 1. The van der Waals surface area contributed by atoms with Crippen LogP contribution in [0.25, 0.3) is 0 Å². The molecule has 8 rings (SSSR count). The van der Waals surface area contributed by atoms with Gasteiger partial charge in [0.2, 0.25) is 5.91 Å². The highest BCUT2D eigenvalue weighted by molar-refractivity contribution is 5.77. The van der Waals surface area contributed by atoms with Gasteiger partial charge in [-0.05, 0) is 79.5 Å². The number of amides is 1. The molecule has 2 spiro atoms. The molecule has 36 heavy (non-hydrogen) atoms. The van der Waals surface area contributed by atoms with E-state index in [2.05, 4.69) is 53.7 Å². The number of phenols is 1. The van der Waals surface area contributed by atoms with E-state index in [1.807, 2.05) is 6.07 Å². The second-order valence-corrected chi connectivity index (χ2v) is 13.0. The van der Waals surface area contributed by atoms with E-state index in [9.17, 15) is 9.90 Å². The highest BCUT2D eigenvalue weighted by Crippen LogP contribution is 2.86. The molecule has 2 aromatic rings. The number of hydrogen-bond donors (Lipinski definition) is 2. The van der Waals surface area contributed by atoms with Crippen LogP contribution in [0.5, 0.6) is 11.5 Å². The van der Waals surface area contributed by atoms with Gasteiger partial charge in [0.05, 0.1) is 11.0 Å². The second-order valence-electron chi connectivity index (χ2n) is 13.0. The van der Waals surface area contributed by atoms with Gasteiger partial charge < -0.3 is 15.2 Å². The van der Waals surface area contributed by atoms with Crippen LogP contribution in [0.4, 0.5) is 0 Å². The molecule has 1 amide bonds. The van der Waals surface area contributed by atoms with Crippen molar-refractivity contribution >= 4 is 5.91 Å². The van der Waals surface area contributed by atoms with Crippen LogP contribution in [0.15, 0.2) is 42.5 Å². The van der Waals surface area contributed by atoms with Gasteiger partial charge in [-0.1, -0.05) is 49.2 Å².